The van der Waals surface area contributed by atoms with Crippen LogP contribution in [0.15, 0.2) is 5.16 Å². The molecule has 1 aromatic heterocycles. The van der Waals surface area contributed by atoms with Crippen molar-refractivity contribution < 1.29 is 4.79 Å². The first-order valence-electron chi connectivity index (χ1n) is 6.20. The molecule has 0 aliphatic rings. The number of rotatable bonds is 7. The van der Waals surface area contributed by atoms with Crippen molar-refractivity contribution in [3.63, 3.8) is 0 Å². The van der Waals surface area contributed by atoms with Crippen molar-refractivity contribution in [3.8, 4) is 6.07 Å². The van der Waals surface area contributed by atoms with Gasteiger partial charge in [0.2, 0.25) is 11.1 Å². The third-order valence-electron chi connectivity index (χ3n) is 2.17. The lowest BCUT2D eigenvalue weighted by Gasteiger charge is -2.20. The van der Waals surface area contributed by atoms with Crippen molar-refractivity contribution in [2.45, 2.75) is 38.0 Å². The number of nitriles is 1. The highest BCUT2D eigenvalue weighted by Crippen LogP contribution is 2.12. The second kappa shape index (κ2) is 7.81. The third-order valence-corrected chi connectivity index (χ3v) is 3.13. The Morgan fingerprint density at radius 3 is 2.90 bits per heavy atom. The fraction of sp³-hybridized carbons (Fsp3) is 0.727. The van der Waals surface area contributed by atoms with Gasteiger partial charge in [-0.3, -0.25) is 4.79 Å². The number of nitrogens with one attached hydrogen (secondary N) is 2. The second-order valence-electron chi connectivity index (χ2n) is 5.08. The Hall–Kier alpha value is -1.66. The van der Waals surface area contributed by atoms with Crippen LogP contribution in [0.5, 0.6) is 0 Å². The van der Waals surface area contributed by atoms with Crippen LogP contribution < -0.4 is 10.6 Å². The fourth-order valence-corrected chi connectivity index (χ4v) is 2.03. The Morgan fingerprint density at radius 2 is 2.25 bits per heavy atom. The first kappa shape index (κ1) is 16.4. The average Bonchev–Trinajstić information content (AvgIpc) is 2.80. The number of carbonyl (C=O) groups excluding carboxylic acids is 1. The van der Waals surface area contributed by atoms with Crippen molar-refractivity contribution in [1.29, 1.82) is 5.26 Å². The number of hydrogen-bond acceptors (Lipinski definition) is 7. The smallest absolute Gasteiger partial charge is 0.231 e. The van der Waals surface area contributed by atoms with E-state index in [0.29, 0.717) is 11.7 Å². The van der Waals surface area contributed by atoms with E-state index < -0.39 is 0 Å². The van der Waals surface area contributed by atoms with Crippen molar-refractivity contribution in [3.05, 3.63) is 0 Å². The molecule has 0 radical (unpaired) electrons. The van der Waals surface area contributed by atoms with Gasteiger partial charge in [0.05, 0.1) is 18.4 Å². The maximum atomic E-state index is 11.4. The minimum Gasteiger partial charge on any atom is -0.342 e. The first-order chi connectivity index (χ1) is 9.42. The van der Waals surface area contributed by atoms with E-state index in [4.69, 9.17) is 5.26 Å². The van der Waals surface area contributed by atoms with Crippen molar-refractivity contribution in [1.82, 2.24) is 30.8 Å². The van der Waals surface area contributed by atoms with Crippen LogP contribution >= 0.6 is 11.8 Å². The van der Waals surface area contributed by atoms with Gasteiger partial charge in [-0.25, -0.2) is 4.68 Å². The molecule has 0 aromatic carbocycles. The standard InChI is InChI=1S/C11H19N7OS/c1-11(2,3)14-6-7-18-10(15-16-17-18)20-8-9(19)13-5-4-12/h14H,5-8H2,1-3H3,(H,13,19). The number of nitrogens with zero attached hydrogens (tertiary/aromatic N) is 5. The Kier molecular flexibility index (Phi) is 6.41. The molecule has 20 heavy (non-hydrogen) atoms. The summed E-state index contributed by atoms with van der Waals surface area (Å²) in [6.07, 6.45) is 0. The molecule has 1 amide bonds. The van der Waals surface area contributed by atoms with Gasteiger partial charge < -0.3 is 10.6 Å². The SMILES string of the molecule is CC(C)(C)NCCn1nnnc1SCC(=O)NCC#N. The number of carbonyl (C=O) groups is 1. The van der Waals surface area contributed by atoms with E-state index in [1.807, 2.05) is 6.07 Å². The highest BCUT2D eigenvalue weighted by atomic mass is 32.2. The van der Waals surface area contributed by atoms with Crippen molar-refractivity contribution in [2.75, 3.05) is 18.8 Å². The van der Waals surface area contributed by atoms with Gasteiger partial charge in [0.25, 0.3) is 0 Å². The van der Waals surface area contributed by atoms with Gasteiger partial charge in [-0.15, -0.1) is 5.10 Å². The highest BCUT2D eigenvalue weighted by Gasteiger charge is 2.11. The van der Waals surface area contributed by atoms with Crippen molar-refractivity contribution >= 4 is 17.7 Å². The maximum absolute atomic E-state index is 11.4. The van der Waals surface area contributed by atoms with Gasteiger partial charge in [-0.2, -0.15) is 5.26 Å². The summed E-state index contributed by atoms with van der Waals surface area (Å²) in [6, 6.07) is 1.85. The zero-order chi connectivity index (χ0) is 15.0. The van der Waals surface area contributed by atoms with Crippen molar-refractivity contribution in [2.24, 2.45) is 0 Å². The molecule has 0 bridgehead atoms. The van der Waals surface area contributed by atoms with E-state index in [-0.39, 0.29) is 23.7 Å². The number of tetrazole rings is 1. The van der Waals surface area contributed by atoms with Gasteiger partial charge in [0.15, 0.2) is 0 Å². The summed E-state index contributed by atoms with van der Waals surface area (Å²) in [7, 11) is 0. The van der Waals surface area contributed by atoms with Gasteiger partial charge in [0, 0.05) is 12.1 Å². The lowest BCUT2D eigenvalue weighted by atomic mass is 10.1. The van der Waals surface area contributed by atoms with Crippen LogP contribution in [-0.2, 0) is 11.3 Å². The Labute approximate surface area is 122 Å². The minimum atomic E-state index is -0.209. The lowest BCUT2D eigenvalue weighted by Crippen LogP contribution is -2.38. The Balaban J connectivity index is 2.39. The molecule has 110 valence electrons. The topological polar surface area (TPSA) is 109 Å². The predicted octanol–water partition coefficient (Wildman–Crippen LogP) is -0.207. The van der Waals surface area contributed by atoms with E-state index in [1.165, 1.54) is 11.8 Å². The molecule has 0 aliphatic heterocycles. The zero-order valence-electron chi connectivity index (χ0n) is 11.9. The van der Waals surface area contributed by atoms with E-state index in [9.17, 15) is 4.79 Å². The minimum absolute atomic E-state index is 0.0137. The van der Waals surface area contributed by atoms with Gasteiger partial charge in [-0.05, 0) is 31.2 Å². The molecular weight excluding hydrogens is 278 g/mol. The van der Waals surface area contributed by atoms with Crippen LogP contribution in [0.4, 0.5) is 0 Å². The summed E-state index contributed by atoms with van der Waals surface area (Å²) in [5.74, 6) is -0.0201. The average molecular weight is 297 g/mol. The van der Waals surface area contributed by atoms with Gasteiger partial charge >= 0.3 is 0 Å². The van der Waals surface area contributed by atoms with Crippen LogP contribution in [0.1, 0.15) is 20.8 Å². The summed E-state index contributed by atoms with van der Waals surface area (Å²) in [6.45, 7) is 7.64. The quantitative estimate of drug-likeness (QED) is 0.529. The maximum Gasteiger partial charge on any atom is 0.231 e. The molecule has 0 fully saturated rings. The van der Waals surface area contributed by atoms with E-state index in [0.717, 1.165) is 6.54 Å². The molecule has 9 heteroatoms. The molecule has 0 aliphatic carbocycles. The molecule has 8 nitrogen and oxygen atoms in total. The molecule has 1 aromatic rings. The monoisotopic (exact) mass is 297 g/mol. The molecule has 0 saturated heterocycles. The molecule has 0 spiro atoms. The molecular formula is C11H19N7OS. The highest BCUT2D eigenvalue weighted by molar-refractivity contribution is 7.99. The normalized spacial score (nSPS) is 11.1. The summed E-state index contributed by atoms with van der Waals surface area (Å²) in [4.78, 5) is 11.4. The molecule has 0 unspecified atom stereocenters. The first-order valence-corrected chi connectivity index (χ1v) is 7.18. The molecule has 0 saturated carbocycles. The molecule has 1 heterocycles. The van der Waals surface area contributed by atoms with E-state index >= 15 is 0 Å². The molecule has 0 atom stereocenters. The summed E-state index contributed by atoms with van der Waals surface area (Å²) >= 11 is 1.25. The zero-order valence-corrected chi connectivity index (χ0v) is 12.7. The Morgan fingerprint density at radius 1 is 1.50 bits per heavy atom. The van der Waals surface area contributed by atoms with E-state index in [1.54, 1.807) is 4.68 Å². The second-order valence-corrected chi connectivity index (χ2v) is 6.03. The summed E-state index contributed by atoms with van der Waals surface area (Å²) < 4.78 is 1.65. The van der Waals surface area contributed by atoms with Crippen LogP contribution in [0.25, 0.3) is 0 Å². The summed E-state index contributed by atoms with van der Waals surface area (Å²) in [5.41, 5.74) is 0.0402. The number of thioether (sulfide) groups is 1. The van der Waals surface area contributed by atoms with Crippen LogP contribution in [-0.4, -0.2) is 50.5 Å². The van der Waals surface area contributed by atoms with Gasteiger partial charge in [0.1, 0.15) is 6.54 Å². The lowest BCUT2D eigenvalue weighted by molar-refractivity contribution is -0.118. The number of amides is 1. The van der Waals surface area contributed by atoms with Crippen LogP contribution in [0, 0.1) is 11.3 Å². The third kappa shape index (κ3) is 6.49. The largest absolute Gasteiger partial charge is 0.342 e. The van der Waals surface area contributed by atoms with Crippen LogP contribution in [0.2, 0.25) is 0 Å². The van der Waals surface area contributed by atoms with Crippen LogP contribution in [0.3, 0.4) is 0 Å². The number of aromatic nitrogens is 4. The van der Waals surface area contributed by atoms with Gasteiger partial charge in [-0.1, -0.05) is 11.8 Å². The predicted molar refractivity (Wildman–Crippen MR) is 74.9 cm³/mol. The Bertz CT molecular complexity index is 474. The molecule has 1 rings (SSSR count). The molecule has 2 N–H and O–H groups in total. The fourth-order valence-electron chi connectivity index (χ4n) is 1.30. The van der Waals surface area contributed by atoms with E-state index in [2.05, 4.69) is 46.9 Å². The number of hydrogen-bond donors (Lipinski definition) is 2. The summed E-state index contributed by atoms with van der Waals surface area (Å²) in [5, 5.41) is 26.1.